The highest BCUT2D eigenvalue weighted by molar-refractivity contribution is 5.87. The van der Waals surface area contributed by atoms with Crippen molar-refractivity contribution in [1.29, 1.82) is 0 Å². The van der Waals surface area contributed by atoms with Gasteiger partial charge < -0.3 is 14.6 Å². The number of carbonyl (C=O) groups is 2. The molecule has 0 saturated carbocycles. The van der Waals surface area contributed by atoms with Crippen molar-refractivity contribution in [3.05, 3.63) is 35.9 Å². The van der Waals surface area contributed by atoms with E-state index in [0.717, 1.165) is 31.2 Å². The number of aliphatic hydroxyl groups is 1. The maximum Gasteiger partial charge on any atom is 0.311 e. The number of rotatable bonds is 12. The number of hydrogen-bond donors (Lipinski definition) is 1. The Kier molecular flexibility index (Phi) is 9.83. The van der Waals surface area contributed by atoms with Crippen molar-refractivity contribution in [2.45, 2.75) is 85.0 Å². The van der Waals surface area contributed by atoms with E-state index in [1.165, 1.54) is 0 Å². The first-order valence-corrected chi connectivity index (χ1v) is 10.2. The topological polar surface area (TPSA) is 72.8 Å². The molecule has 0 aliphatic carbocycles. The summed E-state index contributed by atoms with van der Waals surface area (Å²) < 4.78 is 11.1. The Balaban J connectivity index is 2.77. The summed E-state index contributed by atoms with van der Waals surface area (Å²) in [7, 11) is 0. The molecule has 0 spiro atoms. The number of aliphatic hydroxyl groups excluding tert-OH is 1. The normalized spacial score (nSPS) is 14.9. The minimum atomic E-state index is -1.36. The maximum atomic E-state index is 12.5. The summed E-state index contributed by atoms with van der Waals surface area (Å²) in [6.45, 7) is 8.90. The molecule has 1 N–H and O–H groups in total. The third-order valence-corrected chi connectivity index (χ3v) is 4.78. The van der Waals surface area contributed by atoms with E-state index in [4.69, 9.17) is 9.47 Å². The van der Waals surface area contributed by atoms with Gasteiger partial charge in [0.1, 0.15) is 6.10 Å². The van der Waals surface area contributed by atoms with Crippen LogP contribution in [0.25, 0.3) is 0 Å². The van der Waals surface area contributed by atoms with Crippen LogP contribution >= 0.6 is 0 Å². The Morgan fingerprint density at radius 1 is 1.04 bits per heavy atom. The third-order valence-electron chi connectivity index (χ3n) is 4.78. The molecule has 1 aromatic rings. The summed E-state index contributed by atoms with van der Waals surface area (Å²) in [6, 6.07) is 9.65. The highest BCUT2D eigenvalue weighted by Crippen LogP contribution is 2.27. The van der Waals surface area contributed by atoms with E-state index in [0.29, 0.717) is 13.0 Å². The first-order chi connectivity index (χ1) is 13.1. The minimum absolute atomic E-state index is 0.303. The first-order valence-electron chi connectivity index (χ1n) is 10.2. The Labute approximate surface area is 169 Å². The lowest BCUT2D eigenvalue weighted by Gasteiger charge is -2.34. The van der Waals surface area contributed by atoms with E-state index in [1.807, 2.05) is 30.3 Å². The molecule has 0 unspecified atom stereocenters. The third kappa shape index (κ3) is 8.11. The van der Waals surface area contributed by atoms with Gasteiger partial charge in [-0.1, -0.05) is 62.9 Å². The molecule has 1 rings (SSSR count). The van der Waals surface area contributed by atoms with Crippen LogP contribution in [0.1, 0.15) is 72.3 Å². The van der Waals surface area contributed by atoms with Crippen LogP contribution < -0.4 is 0 Å². The molecule has 1 aromatic carbocycles. The number of Topliss-reactive ketones (excluding diaryl/α,β-unsaturated/α-hetero) is 1. The second kappa shape index (κ2) is 11.3. The van der Waals surface area contributed by atoms with Gasteiger partial charge in [-0.25, -0.2) is 0 Å². The van der Waals surface area contributed by atoms with Crippen molar-refractivity contribution in [2.75, 3.05) is 6.61 Å². The highest BCUT2D eigenvalue weighted by atomic mass is 16.5. The maximum absolute atomic E-state index is 12.5. The van der Waals surface area contributed by atoms with Crippen LogP contribution in [0.2, 0.25) is 0 Å². The number of ether oxygens (including phenoxy) is 2. The molecule has 0 amide bonds. The van der Waals surface area contributed by atoms with Gasteiger partial charge in [-0.2, -0.15) is 0 Å². The second-order valence-corrected chi connectivity index (χ2v) is 8.59. The lowest BCUT2D eigenvalue weighted by atomic mass is 9.89. The average molecular weight is 393 g/mol. The van der Waals surface area contributed by atoms with Gasteiger partial charge in [0.15, 0.2) is 6.61 Å². The lowest BCUT2D eigenvalue weighted by Crippen LogP contribution is -2.48. The summed E-state index contributed by atoms with van der Waals surface area (Å²) in [5.41, 5.74) is -0.756. The van der Waals surface area contributed by atoms with E-state index in [1.54, 1.807) is 27.7 Å². The second-order valence-electron chi connectivity index (χ2n) is 8.59. The minimum Gasteiger partial charge on any atom is -0.457 e. The fraction of sp³-hybridized carbons (Fsp3) is 0.652. The number of ketones is 1. The predicted molar refractivity (Wildman–Crippen MR) is 110 cm³/mol. The molecular weight excluding hydrogens is 356 g/mol. The average Bonchev–Trinajstić information content (AvgIpc) is 2.67. The molecule has 0 heterocycles. The van der Waals surface area contributed by atoms with Gasteiger partial charge in [0, 0.05) is 0 Å². The molecular formula is C23H36O5. The number of esters is 1. The zero-order chi connectivity index (χ0) is 21.2. The van der Waals surface area contributed by atoms with Gasteiger partial charge in [0.25, 0.3) is 0 Å². The molecule has 0 aliphatic heterocycles. The monoisotopic (exact) mass is 392 g/mol. The molecule has 0 bridgehead atoms. The molecule has 0 fully saturated rings. The largest absolute Gasteiger partial charge is 0.457 e. The van der Waals surface area contributed by atoms with Crippen LogP contribution in [0.4, 0.5) is 0 Å². The van der Waals surface area contributed by atoms with Gasteiger partial charge in [-0.3, -0.25) is 9.59 Å². The summed E-state index contributed by atoms with van der Waals surface area (Å²) in [4.78, 5) is 24.4. The smallest absolute Gasteiger partial charge is 0.311 e. The van der Waals surface area contributed by atoms with E-state index in [2.05, 4.69) is 6.92 Å². The van der Waals surface area contributed by atoms with Crippen LogP contribution in [-0.4, -0.2) is 35.2 Å². The van der Waals surface area contributed by atoms with Gasteiger partial charge >= 0.3 is 5.97 Å². The van der Waals surface area contributed by atoms with Crippen LogP contribution in [0.5, 0.6) is 0 Å². The lowest BCUT2D eigenvalue weighted by molar-refractivity contribution is -0.167. The number of unbranched alkanes of at least 4 members (excludes halogenated alkanes) is 3. The van der Waals surface area contributed by atoms with E-state index in [9.17, 15) is 14.7 Å². The first kappa shape index (κ1) is 24.3. The predicted octanol–water partition coefficient (Wildman–Crippen LogP) is 4.45. The Morgan fingerprint density at radius 2 is 1.68 bits per heavy atom. The number of hydrogen-bond acceptors (Lipinski definition) is 5. The van der Waals surface area contributed by atoms with Crippen molar-refractivity contribution in [2.24, 2.45) is 5.41 Å². The SMILES string of the molecule is CCCCCC[C@](C)(OCc1ccccc1)[C@H](O)C(=O)COC(=O)C(C)(C)C. The fourth-order valence-electron chi connectivity index (χ4n) is 2.79. The molecule has 28 heavy (non-hydrogen) atoms. The molecule has 0 aliphatic rings. The zero-order valence-electron chi connectivity index (χ0n) is 18.0. The van der Waals surface area contributed by atoms with Gasteiger partial charge in [-0.05, 0) is 39.7 Å². The Hall–Kier alpha value is -1.72. The summed E-state index contributed by atoms with van der Waals surface area (Å²) in [6.07, 6.45) is 3.27. The molecule has 0 saturated heterocycles. The molecule has 0 aromatic heterocycles. The summed E-state index contributed by atoms with van der Waals surface area (Å²) in [5.74, 6) is -1.01. The van der Waals surface area contributed by atoms with Crippen molar-refractivity contribution in [3.8, 4) is 0 Å². The van der Waals surface area contributed by atoms with Crippen LogP contribution in [0.15, 0.2) is 30.3 Å². The molecule has 0 radical (unpaired) electrons. The molecule has 5 heteroatoms. The Morgan fingerprint density at radius 3 is 2.25 bits per heavy atom. The highest BCUT2D eigenvalue weighted by Gasteiger charge is 2.39. The molecule has 158 valence electrons. The molecule has 2 atom stereocenters. The van der Waals surface area contributed by atoms with Crippen molar-refractivity contribution in [1.82, 2.24) is 0 Å². The fourth-order valence-corrected chi connectivity index (χ4v) is 2.79. The van der Waals surface area contributed by atoms with Gasteiger partial charge in [-0.15, -0.1) is 0 Å². The number of benzene rings is 1. The summed E-state index contributed by atoms with van der Waals surface area (Å²) in [5, 5.41) is 10.7. The zero-order valence-corrected chi connectivity index (χ0v) is 18.0. The van der Waals surface area contributed by atoms with Crippen LogP contribution in [0.3, 0.4) is 0 Å². The molecule has 5 nitrogen and oxygen atoms in total. The standard InChI is InChI=1S/C23H36O5/c1-6-7-8-12-15-23(5,28-16-18-13-10-9-11-14-18)20(25)19(24)17-27-21(26)22(2,3)4/h9-11,13-14,20,25H,6-8,12,15-17H2,1-5H3/t20-,23+/m1/s1. The van der Waals surface area contributed by atoms with Crippen molar-refractivity contribution >= 4 is 11.8 Å². The van der Waals surface area contributed by atoms with E-state index < -0.39 is 35.5 Å². The van der Waals surface area contributed by atoms with E-state index in [-0.39, 0.29) is 0 Å². The number of carbonyl (C=O) groups excluding carboxylic acids is 2. The van der Waals surface area contributed by atoms with Gasteiger partial charge in [0.05, 0.1) is 17.6 Å². The quantitative estimate of drug-likeness (QED) is 0.420. The van der Waals surface area contributed by atoms with E-state index >= 15 is 0 Å². The van der Waals surface area contributed by atoms with Crippen LogP contribution in [-0.2, 0) is 25.7 Å². The van der Waals surface area contributed by atoms with Crippen molar-refractivity contribution < 1.29 is 24.2 Å². The Bertz CT molecular complexity index is 605. The van der Waals surface area contributed by atoms with Gasteiger partial charge in [0.2, 0.25) is 5.78 Å². The van der Waals surface area contributed by atoms with Crippen LogP contribution in [0, 0.1) is 5.41 Å². The van der Waals surface area contributed by atoms with Crippen molar-refractivity contribution in [3.63, 3.8) is 0 Å². The summed E-state index contributed by atoms with van der Waals surface area (Å²) >= 11 is 0.